The summed E-state index contributed by atoms with van der Waals surface area (Å²) in [4.78, 5) is 19.3. The highest BCUT2D eigenvalue weighted by atomic mass is 35.5. The molecule has 7 heteroatoms. The number of furan rings is 1. The van der Waals surface area contributed by atoms with Gasteiger partial charge in [-0.25, -0.2) is 4.98 Å². The lowest BCUT2D eigenvalue weighted by Crippen LogP contribution is -2.26. The number of rotatable bonds is 4. The van der Waals surface area contributed by atoms with Crippen molar-refractivity contribution in [3.63, 3.8) is 0 Å². The second-order valence-corrected chi connectivity index (χ2v) is 7.04. The average Bonchev–Trinajstić information content (AvgIpc) is 3.18. The lowest BCUT2D eigenvalue weighted by atomic mass is 10.3. The van der Waals surface area contributed by atoms with E-state index in [1.807, 2.05) is 18.2 Å². The third kappa shape index (κ3) is 3.18. The van der Waals surface area contributed by atoms with Crippen LogP contribution in [0, 0.1) is 0 Å². The Morgan fingerprint density at radius 1 is 1.43 bits per heavy atom. The zero-order valence-corrected chi connectivity index (χ0v) is 13.5. The van der Waals surface area contributed by atoms with Crippen molar-refractivity contribution in [3.8, 4) is 10.8 Å². The summed E-state index contributed by atoms with van der Waals surface area (Å²) in [7, 11) is 1.75. The minimum Gasteiger partial charge on any atom is -0.462 e. The summed E-state index contributed by atoms with van der Waals surface area (Å²) in [5.41, 5.74) is 0.427. The van der Waals surface area contributed by atoms with Gasteiger partial charge in [-0.1, -0.05) is 11.6 Å². The Hall–Kier alpha value is -1.63. The minimum atomic E-state index is -0.117. The summed E-state index contributed by atoms with van der Waals surface area (Å²) in [5.74, 6) is 0.556. The van der Waals surface area contributed by atoms with Gasteiger partial charge in [-0.3, -0.25) is 4.79 Å². The van der Waals surface area contributed by atoms with E-state index in [0.29, 0.717) is 23.0 Å². The number of hydrogen-bond acceptors (Lipinski definition) is 5. The molecule has 108 valence electrons. The van der Waals surface area contributed by atoms with Crippen molar-refractivity contribution >= 4 is 40.2 Å². The molecule has 0 radical (unpaired) electrons. The molecule has 3 heterocycles. The van der Waals surface area contributed by atoms with E-state index in [1.165, 1.54) is 22.7 Å². The van der Waals surface area contributed by atoms with Crippen LogP contribution in [-0.4, -0.2) is 22.8 Å². The monoisotopic (exact) mass is 338 g/mol. The van der Waals surface area contributed by atoms with Crippen LogP contribution in [-0.2, 0) is 6.54 Å². The standard InChI is InChI=1S/C14H11ClN2O2S2/c1-17(7-9-4-5-12(15)21-9)14(18)10-8-20-13(16-10)11-3-2-6-19-11/h2-6,8H,7H2,1H3. The molecular weight excluding hydrogens is 328 g/mol. The molecule has 0 fully saturated rings. The molecule has 3 aromatic rings. The zero-order chi connectivity index (χ0) is 14.8. The number of aromatic nitrogens is 1. The van der Waals surface area contributed by atoms with Crippen molar-refractivity contribution in [2.45, 2.75) is 6.54 Å². The van der Waals surface area contributed by atoms with Gasteiger partial charge in [0.05, 0.1) is 17.1 Å². The minimum absolute atomic E-state index is 0.117. The third-order valence-corrected chi connectivity index (χ3v) is 4.90. The van der Waals surface area contributed by atoms with E-state index in [-0.39, 0.29) is 5.91 Å². The van der Waals surface area contributed by atoms with Gasteiger partial charge in [-0.05, 0) is 24.3 Å². The number of carbonyl (C=O) groups is 1. The number of amides is 1. The molecule has 0 bridgehead atoms. The van der Waals surface area contributed by atoms with Crippen molar-refractivity contribution in [3.05, 3.63) is 50.8 Å². The largest absolute Gasteiger partial charge is 0.462 e. The highest BCUT2D eigenvalue weighted by molar-refractivity contribution is 7.16. The van der Waals surface area contributed by atoms with Gasteiger partial charge in [0.2, 0.25) is 0 Å². The first-order chi connectivity index (χ1) is 10.1. The normalized spacial score (nSPS) is 10.8. The molecule has 0 aliphatic rings. The smallest absolute Gasteiger partial charge is 0.273 e. The van der Waals surface area contributed by atoms with Crippen molar-refractivity contribution in [1.29, 1.82) is 0 Å². The molecular formula is C14H11ClN2O2S2. The topological polar surface area (TPSA) is 46.3 Å². The predicted octanol–water partition coefficient (Wildman–Crippen LogP) is 4.39. The molecule has 0 saturated carbocycles. The van der Waals surface area contributed by atoms with Crippen molar-refractivity contribution in [1.82, 2.24) is 9.88 Å². The first-order valence-electron chi connectivity index (χ1n) is 6.12. The van der Waals surface area contributed by atoms with Crippen molar-refractivity contribution < 1.29 is 9.21 Å². The number of hydrogen-bond donors (Lipinski definition) is 0. The molecule has 0 spiro atoms. The van der Waals surface area contributed by atoms with Crippen LogP contribution in [0.5, 0.6) is 0 Å². The molecule has 0 saturated heterocycles. The quantitative estimate of drug-likeness (QED) is 0.708. The molecule has 0 aromatic carbocycles. The second kappa shape index (κ2) is 6.01. The van der Waals surface area contributed by atoms with Gasteiger partial charge in [-0.2, -0.15) is 0 Å². The van der Waals surface area contributed by atoms with E-state index in [0.717, 1.165) is 9.21 Å². The van der Waals surface area contributed by atoms with Gasteiger partial charge in [0.25, 0.3) is 5.91 Å². The lowest BCUT2D eigenvalue weighted by Gasteiger charge is -2.14. The highest BCUT2D eigenvalue weighted by Crippen LogP contribution is 2.25. The summed E-state index contributed by atoms with van der Waals surface area (Å²) >= 11 is 8.76. The van der Waals surface area contributed by atoms with Gasteiger partial charge < -0.3 is 9.32 Å². The lowest BCUT2D eigenvalue weighted by molar-refractivity contribution is 0.0781. The van der Waals surface area contributed by atoms with E-state index >= 15 is 0 Å². The number of carbonyl (C=O) groups excluding carboxylic acids is 1. The fourth-order valence-corrected chi connectivity index (χ4v) is 3.72. The summed E-state index contributed by atoms with van der Waals surface area (Å²) < 4.78 is 6.00. The fraction of sp³-hybridized carbons (Fsp3) is 0.143. The summed E-state index contributed by atoms with van der Waals surface area (Å²) in [6.45, 7) is 0.518. The highest BCUT2D eigenvalue weighted by Gasteiger charge is 2.17. The Labute approximate surface area is 134 Å². The Balaban J connectivity index is 1.72. The van der Waals surface area contributed by atoms with E-state index in [1.54, 1.807) is 29.7 Å². The maximum Gasteiger partial charge on any atom is 0.273 e. The molecule has 1 amide bonds. The molecule has 0 atom stereocenters. The molecule has 0 aliphatic carbocycles. The van der Waals surface area contributed by atoms with Gasteiger partial charge in [0.1, 0.15) is 5.69 Å². The molecule has 0 aliphatic heterocycles. The van der Waals surface area contributed by atoms with E-state index in [4.69, 9.17) is 16.0 Å². The van der Waals surface area contributed by atoms with Crippen LogP contribution in [0.2, 0.25) is 4.34 Å². The van der Waals surface area contributed by atoms with Crippen molar-refractivity contribution in [2.75, 3.05) is 7.05 Å². The summed E-state index contributed by atoms with van der Waals surface area (Å²) in [5, 5.41) is 2.45. The molecule has 0 N–H and O–H groups in total. The van der Waals surface area contributed by atoms with Crippen LogP contribution < -0.4 is 0 Å². The van der Waals surface area contributed by atoms with Gasteiger partial charge in [-0.15, -0.1) is 22.7 Å². The first-order valence-corrected chi connectivity index (χ1v) is 8.20. The van der Waals surface area contributed by atoms with Crippen LogP contribution >= 0.6 is 34.3 Å². The number of nitrogens with zero attached hydrogens (tertiary/aromatic N) is 2. The Morgan fingerprint density at radius 2 is 2.29 bits per heavy atom. The maximum absolute atomic E-state index is 12.3. The number of thiazole rings is 1. The Morgan fingerprint density at radius 3 is 2.95 bits per heavy atom. The van der Waals surface area contributed by atoms with E-state index in [9.17, 15) is 4.79 Å². The molecule has 3 aromatic heterocycles. The molecule has 21 heavy (non-hydrogen) atoms. The number of thiophene rings is 1. The predicted molar refractivity (Wildman–Crippen MR) is 84.9 cm³/mol. The molecule has 4 nitrogen and oxygen atoms in total. The van der Waals surface area contributed by atoms with E-state index < -0.39 is 0 Å². The Bertz CT molecular complexity index is 749. The first kappa shape index (κ1) is 14.3. The Kier molecular flexibility index (Phi) is 4.10. The van der Waals surface area contributed by atoms with E-state index in [2.05, 4.69) is 4.98 Å². The van der Waals surface area contributed by atoms with Crippen LogP contribution in [0.3, 0.4) is 0 Å². The van der Waals surface area contributed by atoms with Crippen LogP contribution in [0.4, 0.5) is 0 Å². The molecule has 0 unspecified atom stereocenters. The fourth-order valence-electron chi connectivity index (χ4n) is 1.82. The summed E-state index contributed by atoms with van der Waals surface area (Å²) in [6.07, 6.45) is 1.59. The van der Waals surface area contributed by atoms with Crippen molar-refractivity contribution in [2.24, 2.45) is 0 Å². The van der Waals surface area contributed by atoms with Gasteiger partial charge in [0, 0.05) is 17.3 Å². The number of halogens is 1. The van der Waals surface area contributed by atoms with Gasteiger partial charge in [0.15, 0.2) is 10.8 Å². The SMILES string of the molecule is CN(Cc1ccc(Cl)s1)C(=O)c1csc(-c2ccco2)n1. The van der Waals surface area contributed by atoms with Gasteiger partial charge >= 0.3 is 0 Å². The third-order valence-electron chi connectivity index (χ3n) is 2.82. The average molecular weight is 339 g/mol. The van der Waals surface area contributed by atoms with Crippen LogP contribution in [0.25, 0.3) is 10.8 Å². The zero-order valence-electron chi connectivity index (χ0n) is 11.1. The van der Waals surface area contributed by atoms with Crippen LogP contribution in [0.1, 0.15) is 15.4 Å². The maximum atomic E-state index is 12.3. The second-order valence-electron chi connectivity index (χ2n) is 4.38. The summed E-state index contributed by atoms with van der Waals surface area (Å²) in [6, 6.07) is 7.37. The van der Waals surface area contributed by atoms with Crippen LogP contribution in [0.15, 0.2) is 40.3 Å². The molecule has 3 rings (SSSR count).